The lowest BCUT2D eigenvalue weighted by Crippen LogP contribution is -2.51. The van der Waals surface area contributed by atoms with Gasteiger partial charge in [0.05, 0.1) is 6.04 Å². The van der Waals surface area contributed by atoms with Crippen molar-refractivity contribution in [3.8, 4) is 0 Å². The Labute approximate surface area is 96.4 Å². The van der Waals surface area contributed by atoms with Crippen LogP contribution in [0.3, 0.4) is 0 Å². The molecule has 1 fully saturated rings. The molecular weight excluding hydrogens is 206 g/mol. The highest BCUT2D eigenvalue weighted by atomic mass is 16.2. The summed E-state index contributed by atoms with van der Waals surface area (Å²) >= 11 is 0. The first kappa shape index (κ1) is 13.0. The fraction of sp³-hybridized carbons (Fsp3) is 0.818. The number of hydrogen-bond acceptors (Lipinski definition) is 3. The van der Waals surface area contributed by atoms with Gasteiger partial charge in [-0.1, -0.05) is 6.92 Å². The summed E-state index contributed by atoms with van der Waals surface area (Å²) in [6.07, 6.45) is 2.55. The first-order valence-corrected chi connectivity index (χ1v) is 5.87. The lowest BCUT2D eigenvalue weighted by molar-refractivity contribution is -0.125. The largest absolute Gasteiger partial charge is 0.359 e. The van der Waals surface area contributed by atoms with Crippen LogP contribution in [0.25, 0.3) is 0 Å². The molecule has 0 saturated carbocycles. The molecule has 1 aliphatic heterocycles. The van der Waals surface area contributed by atoms with Crippen LogP contribution in [0, 0.1) is 5.92 Å². The Morgan fingerprint density at radius 1 is 1.44 bits per heavy atom. The number of piperidine rings is 1. The van der Waals surface area contributed by atoms with E-state index in [-0.39, 0.29) is 17.9 Å². The Balaban J connectivity index is 2.25. The van der Waals surface area contributed by atoms with E-state index in [9.17, 15) is 9.59 Å². The Morgan fingerprint density at radius 2 is 2.19 bits per heavy atom. The van der Waals surface area contributed by atoms with Crippen molar-refractivity contribution in [3.05, 3.63) is 0 Å². The molecular formula is C11H21N3O2. The second-order valence-electron chi connectivity index (χ2n) is 4.27. The summed E-state index contributed by atoms with van der Waals surface area (Å²) in [4.78, 5) is 22.7. The third kappa shape index (κ3) is 3.81. The van der Waals surface area contributed by atoms with Gasteiger partial charge in [-0.3, -0.25) is 9.59 Å². The zero-order valence-corrected chi connectivity index (χ0v) is 10.0. The van der Waals surface area contributed by atoms with E-state index in [1.165, 1.54) is 0 Å². The number of rotatable bonds is 4. The van der Waals surface area contributed by atoms with E-state index >= 15 is 0 Å². The topological polar surface area (TPSA) is 70.2 Å². The van der Waals surface area contributed by atoms with Gasteiger partial charge in [-0.15, -0.1) is 0 Å². The molecule has 1 heterocycles. The second kappa shape index (κ2) is 6.48. The van der Waals surface area contributed by atoms with E-state index in [1.807, 2.05) is 0 Å². The summed E-state index contributed by atoms with van der Waals surface area (Å²) in [5.74, 6) is 0.329. The smallest absolute Gasteiger partial charge is 0.237 e. The van der Waals surface area contributed by atoms with Crippen LogP contribution < -0.4 is 16.0 Å². The van der Waals surface area contributed by atoms with Crippen molar-refractivity contribution in [1.29, 1.82) is 0 Å². The zero-order valence-electron chi connectivity index (χ0n) is 10.0. The summed E-state index contributed by atoms with van der Waals surface area (Å²) in [7, 11) is 1.59. The van der Waals surface area contributed by atoms with Crippen molar-refractivity contribution in [1.82, 2.24) is 16.0 Å². The van der Waals surface area contributed by atoms with Crippen molar-refractivity contribution < 1.29 is 9.59 Å². The number of nitrogens with one attached hydrogen (secondary N) is 3. The molecule has 0 spiro atoms. The van der Waals surface area contributed by atoms with Crippen LogP contribution in [-0.2, 0) is 9.59 Å². The van der Waals surface area contributed by atoms with Gasteiger partial charge in [0.25, 0.3) is 0 Å². The van der Waals surface area contributed by atoms with Gasteiger partial charge in [-0.05, 0) is 25.3 Å². The van der Waals surface area contributed by atoms with Crippen LogP contribution >= 0.6 is 0 Å². The predicted molar refractivity (Wildman–Crippen MR) is 61.9 cm³/mol. The van der Waals surface area contributed by atoms with Crippen molar-refractivity contribution in [3.63, 3.8) is 0 Å². The van der Waals surface area contributed by atoms with Gasteiger partial charge in [0.2, 0.25) is 11.8 Å². The SMILES string of the molecule is CNC(=O)CCNC(=O)C1NCCCC1C. The Bertz CT molecular complexity index is 256. The summed E-state index contributed by atoms with van der Waals surface area (Å²) in [6, 6.07) is -0.0987. The van der Waals surface area contributed by atoms with Crippen LogP contribution in [0.1, 0.15) is 26.2 Å². The van der Waals surface area contributed by atoms with E-state index in [0.29, 0.717) is 18.9 Å². The molecule has 2 amide bonds. The van der Waals surface area contributed by atoms with Gasteiger partial charge < -0.3 is 16.0 Å². The lowest BCUT2D eigenvalue weighted by atomic mass is 9.92. The average Bonchev–Trinajstić information content (AvgIpc) is 2.29. The Morgan fingerprint density at radius 3 is 2.81 bits per heavy atom. The first-order valence-electron chi connectivity index (χ1n) is 5.87. The standard InChI is InChI=1S/C11H21N3O2/c1-8-4-3-6-13-10(8)11(16)14-7-5-9(15)12-2/h8,10,13H,3-7H2,1-2H3,(H,12,15)(H,14,16). The van der Waals surface area contributed by atoms with Gasteiger partial charge in [-0.2, -0.15) is 0 Å². The van der Waals surface area contributed by atoms with Crippen molar-refractivity contribution in [2.45, 2.75) is 32.2 Å². The molecule has 0 aromatic carbocycles. The minimum Gasteiger partial charge on any atom is -0.359 e. The van der Waals surface area contributed by atoms with Gasteiger partial charge >= 0.3 is 0 Å². The van der Waals surface area contributed by atoms with Crippen molar-refractivity contribution in [2.75, 3.05) is 20.1 Å². The number of amides is 2. The van der Waals surface area contributed by atoms with Gasteiger partial charge in [0, 0.05) is 20.0 Å². The summed E-state index contributed by atoms with van der Waals surface area (Å²) in [5.41, 5.74) is 0. The molecule has 5 nitrogen and oxygen atoms in total. The van der Waals surface area contributed by atoms with E-state index < -0.39 is 0 Å². The Hall–Kier alpha value is -1.10. The molecule has 1 rings (SSSR count). The van der Waals surface area contributed by atoms with E-state index in [1.54, 1.807) is 7.05 Å². The number of hydrogen-bond donors (Lipinski definition) is 3. The number of carbonyl (C=O) groups excluding carboxylic acids is 2. The first-order chi connectivity index (χ1) is 7.65. The van der Waals surface area contributed by atoms with Crippen LogP contribution in [-0.4, -0.2) is 38.0 Å². The fourth-order valence-electron chi connectivity index (χ4n) is 1.93. The van der Waals surface area contributed by atoms with E-state index in [4.69, 9.17) is 0 Å². The molecule has 92 valence electrons. The maximum Gasteiger partial charge on any atom is 0.237 e. The molecule has 1 saturated heterocycles. The average molecular weight is 227 g/mol. The van der Waals surface area contributed by atoms with Gasteiger partial charge in [0.1, 0.15) is 0 Å². The quantitative estimate of drug-likeness (QED) is 0.613. The van der Waals surface area contributed by atoms with Crippen LogP contribution in [0.15, 0.2) is 0 Å². The summed E-state index contributed by atoms with van der Waals surface area (Å²) < 4.78 is 0. The van der Waals surface area contributed by atoms with E-state index in [2.05, 4.69) is 22.9 Å². The summed E-state index contributed by atoms with van der Waals surface area (Å²) in [6.45, 7) is 3.39. The maximum atomic E-state index is 11.8. The Kier molecular flexibility index (Phi) is 5.25. The van der Waals surface area contributed by atoms with Crippen LogP contribution in [0.5, 0.6) is 0 Å². The number of carbonyl (C=O) groups is 2. The molecule has 0 radical (unpaired) electrons. The molecule has 5 heteroatoms. The molecule has 0 aliphatic carbocycles. The fourth-order valence-corrected chi connectivity index (χ4v) is 1.93. The molecule has 2 unspecified atom stereocenters. The highest BCUT2D eigenvalue weighted by molar-refractivity contribution is 5.83. The molecule has 3 N–H and O–H groups in total. The summed E-state index contributed by atoms with van der Waals surface area (Å²) in [5, 5.41) is 8.52. The van der Waals surface area contributed by atoms with Crippen LogP contribution in [0.2, 0.25) is 0 Å². The monoisotopic (exact) mass is 227 g/mol. The van der Waals surface area contributed by atoms with Crippen molar-refractivity contribution >= 4 is 11.8 Å². The van der Waals surface area contributed by atoms with Gasteiger partial charge in [-0.25, -0.2) is 0 Å². The predicted octanol–water partition coefficient (Wildman–Crippen LogP) is -0.373. The third-order valence-electron chi connectivity index (χ3n) is 2.98. The van der Waals surface area contributed by atoms with Crippen molar-refractivity contribution in [2.24, 2.45) is 5.92 Å². The van der Waals surface area contributed by atoms with E-state index in [0.717, 1.165) is 19.4 Å². The minimum atomic E-state index is -0.0987. The highest BCUT2D eigenvalue weighted by Crippen LogP contribution is 2.15. The molecule has 0 bridgehead atoms. The van der Waals surface area contributed by atoms with Crippen LogP contribution in [0.4, 0.5) is 0 Å². The van der Waals surface area contributed by atoms with Gasteiger partial charge in [0.15, 0.2) is 0 Å². The molecule has 0 aromatic rings. The lowest BCUT2D eigenvalue weighted by Gasteiger charge is -2.28. The minimum absolute atomic E-state index is 0.0103. The maximum absolute atomic E-state index is 11.8. The molecule has 16 heavy (non-hydrogen) atoms. The normalized spacial score (nSPS) is 24.9. The molecule has 2 atom stereocenters. The molecule has 1 aliphatic rings. The highest BCUT2D eigenvalue weighted by Gasteiger charge is 2.26. The third-order valence-corrected chi connectivity index (χ3v) is 2.98. The zero-order chi connectivity index (χ0) is 12.0. The second-order valence-corrected chi connectivity index (χ2v) is 4.27. The molecule has 0 aromatic heterocycles.